The first-order valence-electron chi connectivity index (χ1n) is 6.26. The molecule has 0 aliphatic carbocycles. The lowest BCUT2D eigenvalue weighted by Gasteiger charge is -2.11. The van der Waals surface area contributed by atoms with Gasteiger partial charge in [-0.3, -0.25) is 0 Å². The summed E-state index contributed by atoms with van der Waals surface area (Å²) in [4.78, 5) is 10.5. The van der Waals surface area contributed by atoms with E-state index >= 15 is 0 Å². The van der Waals surface area contributed by atoms with Gasteiger partial charge in [-0.05, 0) is 31.9 Å². The zero-order valence-corrected chi connectivity index (χ0v) is 12.3. The van der Waals surface area contributed by atoms with Gasteiger partial charge in [0, 0.05) is 18.5 Å². The third-order valence-electron chi connectivity index (χ3n) is 2.87. The van der Waals surface area contributed by atoms with Crippen LogP contribution in [0.2, 0.25) is 0 Å². The van der Waals surface area contributed by atoms with Crippen molar-refractivity contribution in [2.24, 2.45) is 0 Å². The van der Waals surface area contributed by atoms with E-state index in [0.29, 0.717) is 19.3 Å². The summed E-state index contributed by atoms with van der Waals surface area (Å²) in [5.41, 5.74) is -0.526. The minimum Gasteiger partial charge on any atom is -0.478 e. The summed E-state index contributed by atoms with van der Waals surface area (Å²) in [5.74, 6) is 0.179. The molecule has 1 aromatic rings. The van der Waals surface area contributed by atoms with E-state index in [2.05, 4.69) is 10.6 Å². The number of carboxylic acid groups (broad SMARTS) is 1. The second kappa shape index (κ2) is 7.20. The first-order valence-corrected chi connectivity index (χ1v) is 7.74. The summed E-state index contributed by atoms with van der Waals surface area (Å²) in [6, 6.07) is 1.74. The molecule has 1 rings (SSSR count). The molecule has 0 aliphatic heterocycles. The smallest absolute Gasteiger partial charge is 0.335 e. The van der Waals surface area contributed by atoms with Crippen molar-refractivity contribution in [3.8, 4) is 12.3 Å². The van der Waals surface area contributed by atoms with Crippen molar-refractivity contribution >= 4 is 16.0 Å². The van der Waals surface area contributed by atoms with Crippen LogP contribution in [0.3, 0.4) is 0 Å². The van der Waals surface area contributed by atoms with Crippen LogP contribution in [0.1, 0.15) is 35.2 Å². The summed E-state index contributed by atoms with van der Waals surface area (Å²) < 4.78 is 40.2. The monoisotopic (exact) mass is 313 g/mol. The number of rotatable bonds is 7. The molecule has 0 aromatic heterocycles. The second-order valence-electron chi connectivity index (χ2n) is 4.45. The first-order chi connectivity index (χ1) is 9.79. The summed E-state index contributed by atoms with van der Waals surface area (Å²) in [7, 11) is -3.96. The van der Waals surface area contributed by atoms with E-state index < -0.39 is 27.4 Å². The van der Waals surface area contributed by atoms with Crippen LogP contribution in [0.5, 0.6) is 0 Å². The Kier molecular flexibility index (Phi) is 5.88. The number of carbonyl (C=O) groups is 1. The fourth-order valence-corrected chi connectivity index (χ4v) is 3.04. The number of halogens is 1. The highest BCUT2D eigenvalue weighted by molar-refractivity contribution is 7.89. The minimum atomic E-state index is -3.96. The number of hydrogen-bond acceptors (Lipinski definition) is 3. The van der Waals surface area contributed by atoms with Crippen LogP contribution in [0.15, 0.2) is 17.0 Å². The molecule has 7 heteroatoms. The molecule has 0 unspecified atom stereocenters. The third-order valence-corrected chi connectivity index (χ3v) is 4.46. The molecule has 0 atom stereocenters. The van der Waals surface area contributed by atoms with Gasteiger partial charge in [0.05, 0.1) is 10.5 Å². The quantitative estimate of drug-likeness (QED) is 0.595. The highest BCUT2D eigenvalue weighted by atomic mass is 32.2. The van der Waals surface area contributed by atoms with Gasteiger partial charge in [0.1, 0.15) is 5.82 Å². The average Bonchev–Trinajstić information content (AvgIpc) is 2.40. The van der Waals surface area contributed by atoms with Gasteiger partial charge in [-0.25, -0.2) is 22.3 Å². The van der Waals surface area contributed by atoms with Crippen LogP contribution in [-0.2, 0) is 10.0 Å². The van der Waals surface area contributed by atoms with E-state index in [0.717, 1.165) is 12.1 Å². The Morgan fingerprint density at radius 1 is 1.43 bits per heavy atom. The summed E-state index contributed by atoms with van der Waals surface area (Å²) in [5, 5.41) is 8.86. The van der Waals surface area contributed by atoms with E-state index in [1.807, 2.05) is 0 Å². The van der Waals surface area contributed by atoms with Crippen LogP contribution in [0, 0.1) is 25.1 Å². The summed E-state index contributed by atoms with van der Waals surface area (Å²) in [6.07, 6.45) is 6.84. The Balaban J connectivity index is 2.97. The molecular formula is C14H16FNO4S. The lowest BCUT2D eigenvalue weighted by molar-refractivity contribution is 0.0696. The van der Waals surface area contributed by atoms with Crippen LogP contribution in [-0.4, -0.2) is 26.0 Å². The molecule has 0 spiro atoms. The van der Waals surface area contributed by atoms with Crippen molar-refractivity contribution in [1.82, 2.24) is 4.72 Å². The molecule has 0 fully saturated rings. The van der Waals surface area contributed by atoms with Gasteiger partial charge in [-0.15, -0.1) is 12.3 Å². The van der Waals surface area contributed by atoms with Crippen LogP contribution in [0.4, 0.5) is 4.39 Å². The van der Waals surface area contributed by atoms with Gasteiger partial charge < -0.3 is 5.11 Å². The van der Waals surface area contributed by atoms with E-state index in [1.54, 1.807) is 0 Å². The number of carboxylic acids is 1. The SMILES string of the molecule is C#CCCCCNS(=O)(=O)c1cc(C(=O)O)cc(F)c1C. The Morgan fingerprint density at radius 2 is 2.10 bits per heavy atom. The van der Waals surface area contributed by atoms with Gasteiger partial charge in [-0.1, -0.05) is 0 Å². The van der Waals surface area contributed by atoms with Crippen LogP contribution in [0.25, 0.3) is 0 Å². The molecule has 0 radical (unpaired) electrons. The topological polar surface area (TPSA) is 83.5 Å². The lowest BCUT2D eigenvalue weighted by atomic mass is 10.1. The molecule has 21 heavy (non-hydrogen) atoms. The van der Waals surface area contributed by atoms with Crippen molar-refractivity contribution < 1.29 is 22.7 Å². The number of hydrogen-bond donors (Lipinski definition) is 2. The van der Waals surface area contributed by atoms with Gasteiger partial charge in [0.2, 0.25) is 10.0 Å². The predicted molar refractivity (Wildman–Crippen MR) is 76.0 cm³/mol. The Morgan fingerprint density at radius 3 is 2.67 bits per heavy atom. The highest BCUT2D eigenvalue weighted by Gasteiger charge is 2.21. The van der Waals surface area contributed by atoms with Crippen molar-refractivity contribution in [1.29, 1.82) is 0 Å². The van der Waals surface area contributed by atoms with E-state index in [1.165, 1.54) is 6.92 Å². The molecule has 0 bridgehead atoms. The van der Waals surface area contributed by atoms with Crippen molar-refractivity contribution in [2.45, 2.75) is 31.1 Å². The molecule has 2 N–H and O–H groups in total. The zero-order chi connectivity index (χ0) is 16.0. The largest absolute Gasteiger partial charge is 0.478 e. The van der Waals surface area contributed by atoms with E-state index in [9.17, 15) is 17.6 Å². The van der Waals surface area contributed by atoms with Gasteiger partial charge in [0.15, 0.2) is 0 Å². The van der Waals surface area contributed by atoms with Crippen molar-refractivity contribution in [3.63, 3.8) is 0 Å². The fourth-order valence-electron chi connectivity index (χ4n) is 1.69. The van der Waals surface area contributed by atoms with E-state index in [-0.39, 0.29) is 17.0 Å². The van der Waals surface area contributed by atoms with Crippen molar-refractivity contribution in [3.05, 3.63) is 29.1 Å². The molecule has 0 amide bonds. The number of aromatic carboxylic acids is 1. The Hall–Kier alpha value is -1.91. The minimum absolute atomic E-state index is 0.115. The lowest BCUT2D eigenvalue weighted by Crippen LogP contribution is -2.26. The second-order valence-corrected chi connectivity index (χ2v) is 6.18. The highest BCUT2D eigenvalue weighted by Crippen LogP contribution is 2.20. The molecule has 0 heterocycles. The third kappa shape index (κ3) is 4.55. The molecule has 0 saturated heterocycles. The molecular weight excluding hydrogens is 297 g/mol. The average molecular weight is 313 g/mol. The maximum absolute atomic E-state index is 13.6. The molecule has 5 nitrogen and oxygen atoms in total. The fraction of sp³-hybridized carbons (Fsp3) is 0.357. The summed E-state index contributed by atoms with van der Waals surface area (Å²) >= 11 is 0. The zero-order valence-electron chi connectivity index (χ0n) is 11.5. The van der Waals surface area contributed by atoms with Crippen LogP contribution >= 0.6 is 0 Å². The molecule has 0 aliphatic rings. The number of unbranched alkanes of at least 4 members (excludes halogenated alkanes) is 2. The van der Waals surface area contributed by atoms with Crippen molar-refractivity contribution in [2.75, 3.05) is 6.54 Å². The molecule has 114 valence electrons. The van der Waals surface area contributed by atoms with Gasteiger partial charge in [-0.2, -0.15) is 0 Å². The number of nitrogens with one attached hydrogen (secondary N) is 1. The number of benzene rings is 1. The van der Waals surface area contributed by atoms with E-state index in [4.69, 9.17) is 11.5 Å². The van der Waals surface area contributed by atoms with Gasteiger partial charge in [0.25, 0.3) is 0 Å². The first kappa shape index (κ1) is 17.1. The summed E-state index contributed by atoms with van der Waals surface area (Å²) in [6.45, 7) is 1.44. The maximum atomic E-state index is 13.6. The Bertz CT molecular complexity index is 677. The number of terminal acetylenes is 1. The Labute approximate surface area is 123 Å². The molecule has 0 saturated carbocycles. The van der Waals surface area contributed by atoms with Gasteiger partial charge >= 0.3 is 5.97 Å². The normalized spacial score (nSPS) is 11.1. The predicted octanol–water partition coefficient (Wildman–Crippen LogP) is 1.91. The number of sulfonamides is 1. The maximum Gasteiger partial charge on any atom is 0.335 e. The molecule has 1 aromatic carbocycles. The van der Waals surface area contributed by atoms with Crippen LogP contribution < -0.4 is 4.72 Å². The standard InChI is InChI=1S/C14H16FNO4S/c1-3-4-5-6-7-16-21(19,20)13-9-11(14(17)18)8-12(15)10(13)2/h1,8-9,16H,4-7H2,2H3,(H,17,18).